The van der Waals surface area contributed by atoms with Gasteiger partial charge >= 0.3 is 15.2 Å². The minimum atomic E-state index is -4.09. The van der Waals surface area contributed by atoms with E-state index in [0.717, 1.165) is 12.1 Å². The first-order chi connectivity index (χ1) is 10.1. The average molecular weight is 405 g/mol. The largest absolute Gasteiger partial charge is 0.340 e. The fraction of sp³-hybridized carbons (Fsp3) is 1.00. The maximum atomic E-state index is 11.9. The second-order valence-electron chi connectivity index (χ2n) is 8.41. The summed E-state index contributed by atoms with van der Waals surface area (Å²) in [6.45, 7) is 13.5. The van der Waals surface area contributed by atoms with E-state index < -0.39 is 37.2 Å². The van der Waals surface area contributed by atoms with E-state index in [1.54, 1.807) is 0 Å². The lowest BCUT2D eigenvalue weighted by Gasteiger charge is -2.19. The Labute approximate surface area is 143 Å². The summed E-state index contributed by atoms with van der Waals surface area (Å²) < 4.78 is 33.7. The molecule has 0 amide bonds. The van der Waals surface area contributed by atoms with E-state index in [-0.39, 0.29) is 13.2 Å². The molecule has 0 aromatic rings. The predicted molar refractivity (Wildman–Crippen MR) is 102 cm³/mol. The zero-order valence-electron chi connectivity index (χ0n) is 15.4. The third-order valence-corrected chi connectivity index (χ3v) is 10.8. The number of hydrogen-bond acceptors (Lipinski definition) is 4. The zero-order chi connectivity index (χ0) is 18.4. The van der Waals surface area contributed by atoms with Gasteiger partial charge in [0.05, 0.1) is 13.2 Å². The molecule has 0 aromatic carbocycles. The monoisotopic (exact) mass is 404 g/mol. The summed E-state index contributed by atoms with van der Waals surface area (Å²) in [5, 5.41) is 0. The van der Waals surface area contributed by atoms with Crippen molar-refractivity contribution in [3.63, 3.8) is 0 Å². The van der Waals surface area contributed by atoms with Crippen LogP contribution in [0.25, 0.3) is 0 Å². The molecular weight excluding hydrogens is 370 g/mol. The minimum absolute atomic E-state index is 0.133. The fourth-order valence-electron chi connectivity index (χ4n) is 1.93. The Balaban J connectivity index is 4.15. The molecule has 0 saturated carbocycles. The van der Waals surface area contributed by atoms with Gasteiger partial charge in [0, 0.05) is 16.1 Å². The van der Waals surface area contributed by atoms with Crippen molar-refractivity contribution in [2.24, 2.45) is 0 Å². The molecular formula is C13H34O6P2Si2. The van der Waals surface area contributed by atoms with Gasteiger partial charge in [-0.05, 0) is 12.8 Å². The third-order valence-electron chi connectivity index (χ3n) is 3.09. The van der Waals surface area contributed by atoms with Gasteiger partial charge in [-0.1, -0.05) is 51.4 Å². The van der Waals surface area contributed by atoms with E-state index in [1.807, 2.05) is 0 Å². The van der Waals surface area contributed by atoms with Gasteiger partial charge in [0.2, 0.25) is 0 Å². The smallest absolute Gasteiger partial charge is 0.324 e. The molecule has 0 aromatic heterocycles. The first-order valence-electron chi connectivity index (χ1n) is 8.05. The van der Waals surface area contributed by atoms with Crippen LogP contribution in [0.15, 0.2) is 0 Å². The molecule has 0 bridgehead atoms. The average Bonchev–Trinajstić information content (AvgIpc) is 2.27. The Morgan fingerprint density at radius 2 is 1.04 bits per heavy atom. The van der Waals surface area contributed by atoms with Crippen LogP contribution in [0.1, 0.15) is 12.8 Å². The van der Waals surface area contributed by atoms with Gasteiger partial charge in [0.15, 0.2) is 5.90 Å². The van der Waals surface area contributed by atoms with Crippen LogP contribution in [-0.2, 0) is 18.2 Å². The first-order valence-corrected chi connectivity index (χ1v) is 19.0. The molecule has 2 atom stereocenters. The van der Waals surface area contributed by atoms with E-state index in [0.29, 0.717) is 12.8 Å². The Hall–Kier alpha value is 0.734. The van der Waals surface area contributed by atoms with Gasteiger partial charge < -0.3 is 18.8 Å². The van der Waals surface area contributed by atoms with E-state index >= 15 is 0 Å². The van der Waals surface area contributed by atoms with Crippen LogP contribution in [0.3, 0.4) is 0 Å². The molecule has 0 heterocycles. The summed E-state index contributed by atoms with van der Waals surface area (Å²) in [4.78, 5) is 19.4. The highest BCUT2D eigenvalue weighted by molar-refractivity contribution is 7.70. The lowest BCUT2D eigenvalue weighted by atomic mass is 10.5. The van der Waals surface area contributed by atoms with Crippen LogP contribution in [0.5, 0.6) is 0 Å². The van der Waals surface area contributed by atoms with Gasteiger partial charge in [-0.15, -0.1) is 0 Å². The third kappa shape index (κ3) is 16.0. The van der Waals surface area contributed by atoms with Crippen LogP contribution in [0, 0.1) is 0 Å². The van der Waals surface area contributed by atoms with Crippen molar-refractivity contribution in [1.29, 1.82) is 0 Å². The van der Waals surface area contributed by atoms with Gasteiger partial charge in [0.25, 0.3) is 0 Å². The quantitative estimate of drug-likeness (QED) is 0.276. The summed E-state index contributed by atoms with van der Waals surface area (Å²) >= 11 is 0. The molecule has 140 valence electrons. The highest BCUT2D eigenvalue weighted by Gasteiger charge is 2.33. The second-order valence-corrected chi connectivity index (χ2v) is 23.9. The fourth-order valence-corrected chi connectivity index (χ4v) is 7.63. The lowest BCUT2D eigenvalue weighted by molar-refractivity contribution is 0.246. The topological polar surface area (TPSA) is 93.1 Å². The zero-order valence-corrected chi connectivity index (χ0v) is 19.2. The summed E-state index contributed by atoms with van der Waals surface area (Å²) in [5.41, 5.74) is 0. The molecule has 23 heavy (non-hydrogen) atoms. The summed E-state index contributed by atoms with van der Waals surface area (Å²) in [7, 11) is -10.6. The Morgan fingerprint density at radius 1 is 0.739 bits per heavy atom. The van der Waals surface area contributed by atoms with E-state index in [9.17, 15) is 18.9 Å². The van der Waals surface area contributed by atoms with Crippen LogP contribution in [0.4, 0.5) is 0 Å². The number of rotatable bonds is 12. The molecule has 0 radical (unpaired) electrons. The van der Waals surface area contributed by atoms with E-state index in [1.165, 1.54) is 0 Å². The van der Waals surface area contributed by atoms with Gasteiger partial charge in [-0.2, -0.15) is 0 Å². The van der Waals surface area contributed by atoms with Crippen LogP contribution in [-0.4, -0.2) is 45.1 Å². The maximum Gasteiger partial charge on any atom is 0.340 e. The lowest BCUT2D eigenvalue weighted by Crippen LogP contribution is -2.19. The maximum absolute atomic E-state index is 11.9. The van der Waals surface area contributed by atoms with Gasteiger partial charge in [-0.25, -0.2) is 0 Å². The molecule has 6 nitrogen and oxygen atoms in total. The predicted octanol–water partition coefficient (Wildman–Crippen LogP) is 4.80. The normalized spacial score (nSPS) is 18.4. The Morgan fingerprint density at radius 3 is 1.30 bits per heavy atom. The molecule has 2 N–H and O–H groups in total. The van der Waals surface area contributed by atoms with Crippen LogP contribution >= 0.6 is 15.2 Å². The molecule has 0 saturated heterocycles. The molecule has 10 heteroatoms. The van der Waals surface area contributed by atoms with Gasteiger partial charge in [0.1, 0.15) is 0 Å². The SMILES string of the molecule is C[Si](C)(C)CCCOP(=O)(O)CP(=O)(O)OCCC[Si](C)(C)C. The Kier molecular flexibility index (Phi) is 9.74. The summed E-state index contributed by atoms with van der Waals surface area (Å²) in [6.07, 6.45) is 1.38. The van der Waals surface area contributed by atoms with Crippen LogP contribution in [0.2, 0.25) is 51.4 Å². The highest BCUT2D eigenvalue weighted by Crippen LogP contribution is 2.58. The molecule has 0 spiro atoms. The number of hydrogen-bond donors (Lipinski definition) is 2. The van der Waals surface area contributed by atoms with Crippen molar-refractivity contribution < 1.29 is 28.0 Å². The summed E-state index contributed by atoms with van der Waals surface area (Å²) in [6, 6.07) is 1.97. The highest BCUT2D eigenvalue weighted by atomic mass is 31.2. The van der Waals surface area contributed by atoms with Crippen molar-refractivity contribution in [2.75, 3.05) is 19.1 Å². The first kappa shape index (κ1) is 23.7. The standard InChI is InChI=1S/C13H34O6P2Si2/c1-22(2,3)11-7-9-18-20(14,15)13-21(16,17)19-10-8-12-23(4,5)6/h7-13H2,1-6H3,(H,14,15)(H,16,17). The molecule has 0 fully saturated rings. The van der Waals surface area contributed by atoms with E-state index in [4.69, 9.17) is 9.05 Å². The minimum Gasteiger partial charge on any atom is -0.324 e. The van der Waals surface area contributed by atoms with Crippen LogP contribution < -0.4 is 0 Å². The molecule has 0 aliphatic carbocycles. The van der Waals surface area contributed by atoms with Crippen molar-refractivity contribution in [3.8, 4) is 0 Å². The molecule has 0 aliphatic heterocycles. The van der Waals surface area contributed by atoms with Gasteiger partial charge in [-0.3, -0.25) is 9.13 Å². The second kappa shape index (κ2) is 9.44. The van der Waals surface area contributed by atoms with Crippen molar-refractivity contribution in [2.45, 2.75) is 64.2 Å². The summed E-state index contributed by atoms with van der Waals surface area (Å²) in [5.74, 6) is -0.833. The molecule has 0 aliphatic rings. The van der Waals surface area contributed by atoms with E-state index in [2.05, 4.69) is 39.3 Å². The van der Waals surface area contributed by atoms with Crippen molar-refractivity contribution >= 4 is 31.3 Å². The molecule has 0 rings (SSSR count). The molecule has 2 unspecified atom stereocenters. The van der Waals surface area contributed by atoms with Crippen molar-refractivity contribution in [3.05, 3.63) is 0 Å². The van der Waals surface area contributed by atoms with Crippen molar-refractivity contribution in [1.82, 2.24) is 0 Å². The Bertz CT molecular complexity index is 405.